The van der Waals surface area contributed by atoms with E-state index in [1.54, 1.807) is 30.3 Å². The van der Waals surface area contributed by atoms with Crippen molar-refractivity contribution in [1.82, 2.24) is 0 Å². The van der Waals surface area contributed by atoms with Crippen LogP contribution in [-0.4, -0.2) is 44.0 Å². The van der Waals surface area contributed by atoms with Gasteiger partial charge in [-0.2, -0.15) is 16.8 Å². The summed E-state index contributed by atoms with van der Waals surface area (Å²) in [7, 11) is -14.6. The molecule has 0 aliphatic rings. The Morgan fingerprint density at radius 3 is 1.98 bits per heavy atom. The zero-order valence-corrected chi connectivity index (χ0v) is 23.4. The predicted molar refractivity (Wildman–Crippen MR) is 151 cm³/mol. The van der Waals surface area contributed by atoms with Gasteiger partial charge in [0.15, 0.2) is 0 Å². The van der Waals surface area contributed by atoms with E-state index in [-0.39, 0.29) is 32.9 Å². The van der Waals surface area contributed by atoms with Crippen LogP contribution in [0.25, 0.3) is 21.5 Å². The fourth-order valence-electron chi connectivity index (χ4n) is 4.34. The first-order valence-corrected chi connectivity index (χ1v) is 15.9. The molecule has 13 nitrogen and oxygen atoms in total. The minimum atomic E-state index is -5.05. The van der Waals surface area contributed by atoms with Crippen LogP contribution < -0.4 is 5.32 Å². The highest BCUT2D eigenvalue weighted by atomic mass is 32.2. The normalized spacial score (nSPS) is 12.7. The molecule has 0 spiro atoms. The molecule has 5 aromatic carbocycles. The Morgan fingerprint density at radius 2 is 1.33 bits per heavy atom. The van der Waals surface area contributed by atoms with Crippen molar-refractivity contribution >= 4 is 74.6 Å². The van der Waals surface area contributed by atoms with Crippen molar-refractivity contribution in [2.45, 2.75) is 14.7 Å². The number of anilines is 2. The van der Waals surface area contributed by atoms with Gasteiger partial charge in [0.2, 0.25) is 0 Å². The van der Waals surface area contributed by atoms with Gasteiger partial charge in [-0.05, 0) is 60.0 Å². The molecule has 0 saturated carbocycles. The van der Waals surface area contributed by atoms with Crippen LogP contribution in [0, 0.1) is 0 Å². The lowest BCUT2D eigenvalue weighted by Gasteiger charge is -2.14. The number of rotatable bonds is 7. The number of phenols is 1. The van der Waals surface area contributed by atoms with Crippen LogP contribution >= 0.6 is 0 Å². The number of hydrogen-bond donors (Lipinski definition) is 4. The monoisotopic (exact) mass is 628 g/mol. The lowest BCUT2D eigenvalue weighted by Crippen LogP contribution is -2.01. The molecule has 0 bridgehead atoms. The van der Waals surface area contributed by atoms with Crippen molar-refractivity contribution in [3.63, 3.8) is 0 Å². The van der Waals surface area contributed by atoms with E-state index < -0.39 is 50.8 Å². The zero-order valence-electron chi connectivity index (χ0n) is 20.9. The van der Waals surface area contributed by atoms with Gasteiger partial charge in [0.1, 0.15) is 20.8 Å². The van der Waals surface area contributed by atoms with E-state index in [0.717, 1.165) is 18.2 Å². The number of nitrogens with zero attached hydrogens (tertiary/aromatic N) is 2. The summed E-state index contributed by atoms with van der Waals surface area (Å²) < 4.78 is 102. The number of aromatic hydroxyl groups is 1. The van der Waals surface area contributed by atoms with Gasteiger partial charge in [0, 0.05) is 22.1 Å². The van der Waals surface area contributed by atoms with Gasteiger partial charge in [-0.25, -0.2) is 8.42 Å². The highest BCUT2D eigenvalue weighted by Crippen LogP contribution is 2.41. The summed E-state index contributed by atoms with van der Waals surface area (Å²) in [6, 6.07) is 18.9. The molecule has 5 rings (SSSR count). The van der Waals surface area contributed by atoms with Gasteiger partial charge in [-0.1, -0.05) is 30.3 Å². The summed E-state index contributed by atoms with van der Waals surface area (Å²) in [4.78, 5) is -2.02. The molecule has 0 radical (unpaired) electrons. The Labute approximate surface area is 239 Å². The van der Waals surface area contributed by atoms with Crippen molar-refractivity contribution in [3.8, 4) is 5.75 Å². The van der Waals surface area contributed by atoms with Gasteiger partial charge in [0.25, 0.3) is 20.2 Å². The van der Waals surface area contributed by atoms with Gasteiger partial charge < -0.3 is 15.0 Å². The van der Waals surface area contributed by atoms with E-state index in [2.05, 4.69) is 15.5 Å². The second-order valence-electron chi connectivity index (χ2n) is 8.89. The average molecular weight is 629 g/mol. The second kappa shape index (κ2) is 10.4. The van der Waals surface area contributed by atoms with Crippen molar-refractivity contribution in [1.29, 1.82) is 0 Å². The number of fused-ring (bicyclic) bond motifs is 2. The van der Waals surface area contributed by atoms with Crippen molar-refractivity contribution in [2.24, 2.45) is 10.2 Å². The Bertz CT molecular complexity index is 2250. The SMILES string of the molecule is O=S(=O)([O-])c1cc(O)c2c(N=Nc3ccc(Nc4ccccc4)c4c(S(=O)(=O)O)cccc34)cc(S(=O)(=O)O)cc2c1. The molecule has 0 saturated heterocycles. The Morgan fingerprint density at radius 1 is 0.667 bits per heavy atom. The average Bonchev–Trinajstić information content (AvgIpc) is 2.90. The maximum Gasteiger partial charge on any atom is 0.295 e. The van der Waals surface area contributed by atoms with Crippen molar-refractivity contribution in [2.75, 3.05) is 5.32 Å². The van der Waals surface area contributed by atoms with Crippen LogP contribution in [0.3, 0.4) is 0 Å². The smallest absolute Gasteiger partial charge is 0.295 e. The van der Waals surface area contributed by atoms with Gasteiger partial charge in [-0.15, -0.1) is 10.2 Å². The molecule has 0 aliphatic heterocycles. The van der Waals surface area contributed by atoms with Gasteiger partial charge in [-0.3, -0.25) is 9.11 Å². The van der Waals surface area contributed by atoms with E-state index in [1.165, 1.54) is 30.3 Å². The number of phenolic OH excluding ortho intramolecular Hbond substituents is 1. The summed E-state index contributed by atoms with van der Waals surface area (Å²) in [5.74, 6) is -0.737. The third-order valence-corrected chi connectivity index (χ3v) is 8.66. The van der Waals surface area contributed by atoms with Gasteiger partial charge in [0.05, 0.1) is 26.6 Å². The molecule has 0 heterocycles. The van der Waals surface area contributed by atoms with Crippen molar-refractivity contribution in [3.05, 3.63) is 84.9 Å². The zero-order chi connectivity index (χ0) is 30.4. The molecular formula is C26H18N3O10S3-. The fourth-order valence-corrected chi connectivity index (χ4v) is 6.13. The van der Waals surface area contributed by atoms with Crippen LogP contribution in [0.5, 0.6) is 5.75 Å². The molecule has 0 aromatic heterocycles. The standard InChI is InChI=1S/C26H19N3O10S3/c30-23-14-18(41(34,35)36)12-15-11-17(40(31,32)33)13-22(25(15)23)29-28-20-9-10-21(27-16-5-2-1-3-6-16)26-19(20)7-4-8-24(26)42(37,38)39/h1-14,27,30H,(H,31,32,33)(H,34,35,36)(H,37,38,39)/p-1. The maximum atomic E-state index is 12.3. The minimum Gasteiger partial charge on any atom is -0.744 e. The summed E-state index contributed by atoms with van der Waals surface area (Å²) in [6.07, 6.45) is 0. The highest BCUT2D eigenvalue weighted by molar-refractivity contribution is 7.86. The molecule has 5 aromatic rings. The van der Waals surface area contributed by atoms with Crippen LogP contribution in [0.1, 0.15) is 0 Å². The van der Waals surface area contributed by atoms with E-state index in [0.29, 0.717) is 17.4 Å². The largest absolute Gasteiger partial charge is 0.744 e. The fraction of sp³-hybridized carbons (Fsp3) is 0. The first kappa shape index (κ1) is 29.1. The Balaban J connectivity index is 1.74. The molecule has 0 fully saturated rings. The summed E-state index contributed by atoms with van der Waals surface area (Å²) in [5.41, 5.74) is 0.628. The first-order chi connectivity index (χ1) is 19.6. The molecule has 42 heavy (non-hydrogen) atoms. The number of hydrogen-bond acceptors (Lipinski definition) is 11. The summed E-state index contributed by atoms with van der Waals surface area (Å²) in [5, 5.41) is 21.6. The number of para-hydroxylation sites is 1. The lowest BCUT2D eigenvalue weighted by molar-refractivity contribution is 0.458. The lowest BCUT2D eigenvalue weighted by atomic mass is 10.1. The van der Waals surface area contributed by atoms with E-state index in [4.69, 9.17) is 0 Å². The van der Waals surface area contributed by atoms with E-state index in [1.807, 2.05) is 0 Å². The topological polar surface area (TPSA) is 223 Å². The molecule has 16 heteroatoms. The Kier molecular flexibility index (Phi) is 7.22. The van der Waals surface area contributed by atoms with E-state index >= 15 is 0 Å². The molecule has 0 atom stereocenters. The molecule has 0 unspecified atom stereocenters. The van der Waals surface area contributed by atoms with E-state index in [9.17, 15) is 44.0 Å². The summed E-state index contributed by atoms with van der Waals surface area (Å²) >= 11 is 0. The highest BCUT2D eigenvalue weighted by Gasteiger charge is 2.20. The molecular weight excluding hydrogens is 610 g/mol. The van der Waals surface area contributed by atoms with Crippen LogP contribution in [0.4, 0.5) is 22.7 Å². The van der Waals surface area contributed by atoms with Crippen molar-refractivity contribution < 1.29 is 44.0 Å². The number of azo groups is 1. The first-order valence-electron chi connectivity index (χ1n) is 11.6. The van der Waals surface area contributed by atoms with Crippen LogP contribution in [-0.2, 0) is 30.4 Å². The number of benzene rings is 5. The van der Waals surface area contributed by atoms with Crippen LogP contribution in [0.2, 0.25) is 0 Å². The molecule has 0 aliphatic carbocycles. The minimum absolute atomic E-state index is 0.0535. The third kappa shape index (κ3) is 5.80. The quantitative estimate of drug-likeness (QED) is 0.134. The van der Waals surface area contributed by atoms with Crippen LogP contribution in [0.15, 0.2) is 110 Å². The van der Waals surface area contributed by atoms with Gasteiger partial charge >= 0.3 is 0 Å². The second-order valence-corrected chi connectivity index (χ2v) is 13.1. The maximum absolute atomic E-state index is 12.3. The third-order valence-electron chi connectivity index (χ3n) is 6.12. The summed E-state index contributed by atoms with van der Waals surface area (Å²) in [6.45, 7) is 0. The number of nitrogens with one attached hydrogen (secondary N) is 1. The molecule has 0 amide bonds. The predicted octanol–water partition coefficient (Wildman–Crippen LogP) is 5.26. The molecule has 216 valence electrons. The Hall–Kier alpha value is -4.45. The molecule has 4 N–H and O–H groups in total.